The number of nitrogens with zero attached hydrogens (tertiary/aromatic N) is 1. The smallest absolute Gasteiger partial charge is 0.347 e. The Morgan fingerprint density at radius 2 is 1.78 bits per heavy atom. The molecule has 0 bridgehead atoms. The zero-order chi connectivity index (χ0) is 18.8. The van der Waals surface area contributed by atoms with E-state index in [1.165, 1.54) is 12.7 Å². The Labute approximate surface area is 161 Å². The normalized spacial score (nSPS) is 10.7. The molecule has 0 aliphatic carbocycles. The van der Waals surface area contributed by atoms with Crippen molar-refractivity contribution in [2.45, 2.75) is 6.92 Å². The fraction of sp³-hybridized carbons (Fsp3) is 0.0909. The minimum atomic E-state index is -0.448. The SMILES string of the molecule is COc1ccccc1C(=O)Oc1ccc(-c2nc3ccc(C)cc3s2)cc1. The Morgan fingerprint density at radius 1 is 1.00 bits per heavy atom. The number of para-hydroxylation sites is 1. The van der Waals surface area contributed by atoms with E-state index in [1.807, 2.05) is 24.3 Å². The molecular formula is C22H17NO3S. The van der Waals surface area contributed by atoms with Crippen LogP contribution in [0.1, 0.15) is 15.9 Å². The summed E-state index contributed by atoms with van der Waals surface area (Å²) in [4.78, 5) is 17.1. The van der Waals surface area contributed by atoms with E-state index in [1.54, 1.807) is 41.7 Å². The molecular weight excluding hydrogens is 358 g/mol. The number of aryl methyl sites for hydroxylation is 1. The fourth-order valence-corrected chi connectivity index (χ4v) is 3.87. The van der Waals surface area contributed by atoms with Gasteiger partial charge in [-0.25, -0.2) is 9.78 Å². The standard InChI is InChI=1S/C22H17NO3S/c1-14-7-12-18-20(13-14)27-21(23-18)15-8-10-16(11-9-15)26-22(24)17-5-3-4-6-19(17)25-2/h3-13H,1-2H3. The number of hydrogen-bond acceptors (Lipinski definition) is 5. The van der Waals surface area contributed by atoms with Crippen molar-refractivity contribution in [2.24, 2.45) is 0 Å². The van der Waals surface area contributed by atoms with Crippen LogP contribution in [0, 0.1) is 6.92 Å². The molecule has 134 valence electrons. The molecule has 0 saturated heterocycles. The highest BCUT2D eigenvalue weighted by molar-refractivity contribution is 7.21. The molecule has 27 heavy (non-hydrogen) atoms. The molecule has 3 aromatic carbocycles. The summed E-state index contributed by atoms with van der Waals surface area (Å²) in [7, 11) is 1.53. The van der Waals surface area contributed by atoms with Crippen LogP contribution in [0.5, 0.6) is 11.5 Å². The Balaban J connectivity index is 1.55. The predicted molar refractivity (Wildman–Crippen MR) is 108 cm³/mol. The Hall–Kier alpha value is -3.18. The molecule has 1 aromatic heterocycles. The molecule has 0 aliphatic rings. The zero-order valence-electron chi connectivity index (χ0n) is 14.9. The lowest BCUT2D eigenvalue weighted by atomic mass is 10.2. The topological polar surface area (TPSA) is 48.4 Å². The maximum absolute atomic E-state index is 12.4. The van der Waals surface area contributed by atoms with Gasteiger partial charge in [0.1, 0.15) is 22.1 Å². The van der Waals surface area contributed by atoms with Gasteiger partial charge in [0.15, 0.2) is 0 Å². The van der Waals surface area contributed by atoms with Crippen LogP contribution in [0.4, 0.5) is 0 Å². The average molecular weight is 375 g/mol. The van der Waals surface area contributed by atoms with Gasteiger partial charge in [-0.05, 0) is 61.0 Å². The zero-order valence-corrected chi connectivity index (χ0v) is 15.7. The van der Waals surface area contributed by atoms with Crippen molar-refractivity contribution in [2.75, 3.05) is 7.11 Å². The van der Waals surface area contributed by atoms with Crippen LogP contribution in [0.3, 0.4) is 0 Å². The van der Waals surface area contributed by atoms with Gasteiger partial charge in [0.25, 0.3) is 0 Å². The molecule has 0 fully saturated rings. The van der Waals surface area contributed by atoms with Crippen LogP contribution >= 0.6 is 11.3 Å². The van der Waals surface area contributed by atoms with E-state index in [2.05, 4.69) is 24.0 Å². The van der Waals surface area contributed by atoms with Crippen molar-refractivity contribution < 1.29 is 14.3 Å². The van der Waals surface area contributed by atoms with Crippen LogP contribution in [0.25, 0.3) is 20.8 Å². The van der Waals surface area contributed by atoms with E-state index >= 15 is 0 Å². The van der Waals surface area contributed by atoms with Crippen molar-refractivity contribution in [3.8, 4) is 22.1 Å². The lowest BCUT2D eigenvalue weighted by Gasteiger charge is -2.08. The molecule has 0 amide bonds. The van der Waals surface area contributed by atoms with Gasteiger partial charge < -0.3 is 9.47 Å². The van der Waals surface area contributed by atoms with Crippen LogP contribution in [0.15, 0.2) is 66.7 Å². The Kier molecular flexibility index (Phi) is 4.60. The molecule has 0 N–H and O–H groups in total. The summed E-state index contributed by atoms with van der Waals surface area (Å²) in [6.07, 6.45) is 0. The second kappa shape index (κ2) is 7.21. The molecule has 4 nitrogen and oxygen atoms in total. The fourth-order valence-electron chi connectivity index (χ4n) is 2.80. The first-order valence-corrected chi connectivity index (χ1v) is 9.28. The highest BCUT2D eigenvalue weighted by atomic mass is 32.1. The third-order valence-corrected chi connectivity index (χ3v) is 5.25. The van der Waals surface area contributed by atoms with Crippen molar-refractivity contribution >= 4 is 27.5 Å². The number of thiazole rings is 1. The molecule has 5 heteroatoms. The minimum absolute atomic E-state index is 0.394. The number of rotatable bonds is 4. The molecule has 0 aliphatic heterocycles. The van der Waals surface area contributed by atoms with E-state index in [4.69, 9.17) is 9.47 Å². The first-order valence-electron chi connectivity index (χ1n) is 8.47. The number of benzene rings is 3. The van der Waals surface area contributed by atoms with E-state index < -0.39 is 5.97 Å². The molecule has 0 saturated carbocycles. The molecule has 4 rings (SSSR count). The predicted octanol–water partition coefficient (Wildman–Crippen LogP) is 5.50. The average Bonchev–Trinajstić information content (AvgIpc) is 3.11. The number of aromatic nitrogens is 1. The van der Waals surface area contributed by atoms with Gasteiger partial charge in [-0.15, -0.1) is 11.3 Å². The monoisotopic (exact) mass is 375 g/mol. The molecule has 0 radical (unpaired) electrons. The van der Waals surface area contributed by atoms with Crippen LogP contribution in [-0.2, 0) is 0 Å². The van der Waals surface area contributed by atoms with E-state index in [0.717, 1.165) is 20.8 Å². The van der Waals surface area contributed by atoms with Crippen molar-refractivity contribution in [1.29, 1.82) is 0 Å². The lowest BCUT2D eigenvalue weighted by molar-refractivity contribution is 0.0731. The number of esters is 1. The van der Waals surface area contributed by atoms with Crippen molar-refractivity contribution in [1.82, 2.24) is 4.98 Å². The quantitative estimate of drug-likeness (QED) is 0.349. The molecule has 0 unspecified atom stereocenters. The first kappa shape index (κ1) is 17.2. The summed E-state index contributed by atoms with van der Waals surface area (Å²) >= 11 is 1.65. The second-order valence-corrected chi connectivity index (χ2v) is 7.14. The number of carbonyl (C=O) groups is 1. The van der Waals surface area contributed by atoms with Crippen molar-refractivity contribution in [3.05, 3.63) is 77.9 Å². The highest BCUT2D eigenvalue weighted by Crippen LogP contribution is 2.31. The number of methoxy groups -OCH3 is 1. The molecule has 0 spiro atoms. The number of hydrogen-bond donors (Lipinski definition) is 0. The lowest BCUT2D eigenvalue weighted by Crippen LogP contribution is -2.09. The van der Waals surface area contributed by atoms with E-state index in [9.17, 15) is 4.79 Å². The maximum Gasteiger partial charge on any atom is 0.347 e. The van der Waals surface area contributed by atoms with E-state index in [0.29, 0.717) is 17.1 Å². The first-order chi connectivity index (χ1) is 13.1. The third kappa shape index (κ3) is 3.55. The summed E-state index contributed by atoms with van der Waals surface area (Å²) in [5.74, 6) is 0.520. The molecule has 4 aromatic rings. The number of carbonyl (C=O) groups excluding carboxylic acids is 1. The summed E-state index contributed by atoms with van der Waals surface area (Å²) in [6.45, 7) is 2.07. The largest absolute Gasteiger partial charge is 0.496 e. The van der Waals surface area contributed by atoms with Gasteiger partial charge in [0.2, 0.25) is 0 Å². The van der Waals surface area contributed by atoms with Gasteiger partial charge in [0.05, 0.1) is 17.3 Å². The Morgan fingerprint density at radius 3 is 2.56 bits per heavy atom. The minimum Gasteiger partial charge on any atom is -0.496 e. The maximum atomic E-state index is 12.4. The summed E-state index contributed by atoms with van der Waals surface area (Å²) in [6, 6.07) is 20.6. The van der Waals surface area contributed by atoms with Crippen molar-refractivity contribution in [3.63, 3.8) is 0 Å². The summed E-state index contributed by atoms with van der Waals surface area (Å²) < 4.78 is 11.8. The number of fused-ring (bicyclic) bond motifs is 1. The van der Waals surface area contributed by atoms with Gasteiger partial charge in [0, 0.05) is 5.56 Å². The summed E-state index contributed by atoms with van der Waals surface area (Å²) in [5, 5.41) is 0.943. The van der Waals surface area contributed by atoms with Gasteiger partial charge in [-0.2, -0.15) is 0 Å². The summed E-state index contributed by atoms with van der Waals surface area (Å²) in [5.41, 5.74) is 3.60. The highest BCUT2D eigenvalue weighted by Gasteiger charge is 2.14. The molecule has 1 heterocycles. The van der Waals surface area contributed by atoms with Gasteiger partial charge in [-0.1, -0.05) is 18.2 Å². The van der Waals surface area contributed by atoms with Gasteiger partial charge in [-0.3, -0.25) is 0 Å². The van der Waals surface area contributed by atoms with Crippen LogP contribution in [0.2, 0.25) is 0 Å². The van der Waals surface area contributed by atoms with Crippen LogP contribution in [-0.4, -0.2) is 18.1 Å². The van der Waals surface area contributed by atoms with Gasteiger partial charge >= 0.3 is 5.97 Å². The second-order valence-electron chi connectivity index (χ2n) is 6.10. The third-order valence-electron chi connectivity index (χ3n) is 4.18. The molecule has 0 atom stereocenters. The van der Waals surface area contributed by atoms with Crippen LogP contribution < -0.4 is 9.47 Å². The van der Waals surface area contributed by atoms with E-state index in [-0.39, 0.29) is 0 Å². The Bertz CT molecular complexity index is 1120. The number of ether oxygens (including phenoxy) is 2.